The van der Waals surface area contributed by atoms with E-state index in [0.29, 0.717) is 26.7 Å². The fourth-order valence-electron chi connectivity index (χ4n) is 1.88. The summed E-state index contributed by atoms with van der Waals surface area (Å²) in [5.41, 5.74) is 0.410. The van der Waals surface area contributed by atoms with Crippen LogP contribution in [0.15, 0.2) is 40.9 Å². The second-order valence-electron chi connectivity index (χ2n) is 4.79. The van der Waals surface area contributed by atoms with Crippen molar-refractivity contribution in [1.82, 2.24) is 15.2 Å². The van der Waals surface area contributed by atoms with E-state index in [1.165, 1.54) is 11.8 Å². The highest BCUT2D eigenvalue weighted by Crippen LogP contribution is 2.31. The van der Waals surface area contributed by atoms with Crippen LogP contribution >= 0.6 is 46.3 Å². The number of nitrogens with zero attached hydrogens (tertiary/aromatic N) is 2. The van der Waals surface area contributed by atoms with Gasteiger partial charge in [0.05, 0.1) is 25.9 Å². The first-order chi connectivity index (χ1) is 11.5. The Morgan fingerprint density at radius 3 is 2.71 bits per heavy atom. The van der Waals surface area contributed by atoms with E-state index in [1.807, 2.05) is 17.5 Å². The van der Waals surface area contributed by atoms with Crippen LogP contribution in [0.25, 0.3) is 10.7 Å². The minimum atomic E-state index is -0.413. The molecule has 0 saturated carbocycles. The molecule has 2 aromatic heterocycles. The smallest absolute Gasteiger partial charge is 0.237 e. The van der Waals surface area contributed by atoms with E-state index in [0.717, 1.165) is 4.88 Å². The molecule has 1 amide bonds. The Morgan fingerprint density at radius 1 is 1.29 bits per heavy atom. The largest absolute Gasteiger partial charge is 0.323 e. The number of H-pyrrole nitrogens is 1. The van der Waals surface area contributed by atoms with Crippen molar-refractivity contribution in [1.29, 1.82) is 0 Å². The molecule has 3 rings (SSSR count). The molecule has 2 N–H and O–H groups in total. The van der Waals surface area contributed by atoms with Gasteiger partial charge in [-0.25, -0.2) is 4.98 Å². The van der Waals surface area contributed by atoms with E-state index in [9.17, 15) is 4.79 Å². The van der Waals surface area contributed by atoms with Crippen LogP contribution in [0.5, 0.6) is 0 Å². The second kappa shape index (κ2) is 7.57. The number of thioether (sulfide) groups is 1. The predicted molar refractivity (Wildman–Crippen MR) is 100 cm³/mol. The summed E-state index contributed by atoms with van der Waals surface area (Å²) in [6, 6.07) is 8.96. The van der Waals surface area contributed by atoms with Gasteiger partial charge in [0, 0.05) is 0 Å². The maximum absolute atomic E-state index is 12.3. The van der Waals surface area contributed by atoms with Gasteiger partial charge in [-0.2, -0.15) is 0 Å². The number of thiophene rings is 1. The van der Waals surface area contributed by atoms with Crippen LogP contribution in [0.3, 0.4) is 0 Å². The van der Waals surface area contributed by atoms with Crippen LogP contribution in [0.4, 0.5) is 5.69 Å². The second-order valence-corrected chi connectivity index (χ2v) is 7.86. The van der Waals surface area contributed by atoms with Gasteiger partial charge in [0.2, 0.25) is 11.1 Å². The van der Waals surface area contributed by atoms with Gasteiger partial charge >= 0.3 is 0 Å². The van der Waals surface area contributed by atoms with Crippen LogP contribution in [-0.2, 0) is 4.79 Å². The molecule has 0 aliphatic heterocycles. The fraction of sp³-hybridized carbons (Fsp3) is 0.133. The number of aromatic nitrogens is 3. The Bertz CT molecular complexity index is 831. The van der Waals surface area contributed by atoms with Gasteiger partial charge < -0.3 is 5.32 Å². The molecule has 1 atom stereocenters. The highest BCUT2D eigenvalue weighted by atomic mass is 35.5. The van der Waals surface area contributed by atoms with Gasteiger partial charge in [0.1, 0.15) is 0 Å². The zero-order chi connectivity index (χ0) is 17.1. The van der Waals surface area contributed by atoms with Crippen LogP contribution < -0.4 is 5.32 Å². The monoisotopic (exact) mass is 398 g/mol. The summed E-state index contributed by atoms with van der Waals surface area (Å²) in [7, 11) is 0. The maximum atomic E-state index is 12.3. The normalized spacial score (nSPS) is 12.1. The maximum Gasteiger partial charge on any atom is 0.237 e. The molecule has 0 radical (unpaired) electrons. The predicted octanol–water partition coefficient (Wildman–Crippen LogP) is 4.96. The summed E-state index contributed by atoms with van der Waals surface area (Å²) in [4.78, 5) is 17.7. The minimum Gasteiger partial charge on any atom is -0.323 e. The van der Waals surface area contributed by atoms with Gasteiger partial charge in [0.15, 0.2) is 5.82 Å². The number of carbonyl (C=O) groups is 1. The van der Waals surface area contributed by atoms with Gasteiger partial charge in [0.25, 0.3) is 0 Å². The summed E-state index contributed by atoms with van der Waals surface area (Å²) in [5.74, 6) is 0.465. The summed E-state index contributed by atoms with van der Waals surface area (Å²) in [6.45, 7) is 1.77. The lowest BCUT2D eigenvalue weighted by atomic mass is 10.3. The molecule has 0 fully saturated rings. The Balaban J connectivity index is 1.66. The number of aromatic amines is 1. The molecule has 0 unspecified atom stereocenters. The van der Waals surface area contributed by atoms with Gasteiger partial charge in [-0.1, -0.05) is 47.1 Å². The number of rotatable bonds is 5. The first-order valence-corrected chi connectivity index (χ1v) is 9.44. The molecular weight excluding hydrogens is 387 g/mol. The molecule has 1 aromatic carbocycles. The number of para-hydroxylation sites is 1. The number of anilines is 1. The van der Waals surface area contributed by atoms with Crippen molar-refractivity contribution in [2.24, 2.45) is 0 Å². The van der Waals surface area contributed by atoms with Crippen LogP contribution in [0.2, 0.25) is 10.0 Å². The van der Waals surface area contributed by atoms with E-state index >= 15 is 0 Å². The molecule has 2 heterocycles. The lowest BCUT2D eigenvalue weighted by Gasteiger charge is -2.12. The first-order valence-electron chi connectivity index (χ1n) is 6.92. The van der Waals surface area contributed by atoms with E-state index in [4.69, 9.17) is 23.2 Å². The van der Waals surface area contributed by atoms with Crippen molar-refractivity contribution in [3.05, 3.63) is 45.8 Å². The number of benzene rings is 1. The van der Waals surface area contributed by atoms with Crippen LogP contribution in [0.1, 0.15) is 6.92 Å². The highest BCUT2D eigenvalue weighted by molar-refractivity contribution is 8.00. The Labute approximate surface area is 156 Å². The number of amides is 1. The summed E-state index contributed by atoms with van der Waals surface area (Å²) >= 11 is 15.0. The first kappa shape index (κ1) is 17.3. The molecule has 0 aliphatic rings. The van der Waals surface area contributed by atoms with Gasteiger partial charge in [-0.3, -0.25) is 9.89 Å². The van der Waals surface area contributed by atoms with Gasteiger partial charge in [-0.05, 0) is 30.5 Å². The number of nitrogens with one attached hydrogen (secondary N) is 2. The van der Waals surface area contributed by atoms with Crippen LogP contribution in [0, 0.1) is 0 Å². The zero-order valence-corrected chi connectivity index (χ0v) is 15.6. The van der Waals surface area contributed by atoms with E-state index in [-0.39, 0.29) is 5.91 Å². The van der Waals surface area contributed by atoms with Gasteiger partial charge in [-0.15, -0.1) is 16.4 Å². The number of halogens is 2. The highest BCUT2D eigenvalue weighted by Gasteiger charge is 2.19. The minimum absolute atomic E-state index is 0.225. The van der Waals surface area contributed by atoms with E-state index in [2.05, 4.69) is 20.5 Å². The molecule has 0 saturated heterocycles. The topological polar surface area (TPSA) is 70.7 Å². The summed E-state index contributed by atoms with van der Waals surface area (Å²) in [6.07, 6.45) is 0. The standard InChI is InChI=1S/C15H12Cl2N4OS2/c1-8(14(22)18-12-9(16)4-2-5-10(12)17)24-15-19-13(20-21-15)11-6-3-7-23-11/h2-8H,1H3,(H,18,22)(H,19,20,21)/t8-/m1/s1. The molecule has 9 heteroatoms. The van der Waals surface area contributed by atoms with E-state index in [1.54, 1.807) is 36.5 Å². The lowest BCUT2D eigenvalue weighted by molar-refractivity contribution is -0.115. The average molecular weight is 399 g/mol. The summed E-state index contributed by atoms with van der Waals surface area (Å²) < 4.78 is 0. The molecule has 0 bridgehead atoms. The Kier molecular flexibility index (Phi) is 5.45. The lowest BCUT2D eigenvalue weighted by Crippen LogP contribution is -2.22. The zero-order valence-electron chi connectivity index (χ0n) is 12.4. The molecule has 5 nitrogen and oxygen atoms in total. The SMILES string of the molecule is C[C@@H](Sc1n[nH]c(-c2cccs2)n1)C(=O)Nc1c(Cl)cccc1Cl. The van der Waals surface area contributed by atoms with Crippen molar-refractivity contribution in [2.45, 2.75) is 17.3 Å². The number of carbonyl (C=O) groups excluding carboxylic acids is 1. The molecule has 3 aromatic rings. The molecule has 24 heavy (non-hydrogen) atoms. The third-order valence-electron chi connectivity index (χ3n) is 3.08. The number of hydrogen-bond acceptors (Lipinski definition) is 5. The number of hydrogen-bond donors (Lipinski definition) is 2. The third-order valence-corrected chi connectivity index (χ3v) is 5.55. The van der Waals surface area contributed by atoms with Crippen molar-refractivity contribution in [3.8, 4) is 10.7 Å². The van der Waals surface area contributed by atoms with Crippen molar-refractivity contribution >= 4 is 57.9 Å². The molecule has 124 valence electrons. The van der Waals surface area contributed by atoms with Crippen molar-refractivity contribution in [2.75, 3.05) is 5.32 Å². The van der Waals surface area contributed by atoms with E-state index < -0.39 is 5.25 Å². The average Bonchev–Trinajstić information content (AvgIpc) is 3.21. The molecular formula is C15H12Cl2N4OS2. The quantitative estimate of drug-likeness (QED) is 0.595. The Morgan fingerprint density at radius 2 is 2.04 bits per heavy atom. The van der Waals surface area contributed by atoms with Crippen molar-refractivity contribution in [3.63, 3.8) is 0 Å². The van der Waals surface area contributed by atoms with Crippen molar-refractivity contribution < 1.29 is 4.79 Å². The molecule has 0 spiro atoms. The molecule has 0 aliphatic carbocycles. The third kappa shape index (κ3) is 3.92. The van der Waals surface area contributed by atoms with Crippen LogP contribution in [-0.4, -0.2) is 26.3 Å². The fourth-order valence-corrected chi connectivity index (χ4v) is 3.76. The summed E-state index contributed by atoms with van der Waals surface area (Å²) in [5, 5.41) is 12.6. The Hall–Kier alpha value is -1.54.